The molecule has 1 fully saturated rings. The van der Waals surface area contributed by atoms with Crippen LogP contribution in [0.5, 0.6) is 0 Å². The molecule has 0 spiro atoms. The molecule has 19 heavy (non-hydrogen) atoms. The lowest BCUT2D eigenvalue weighted by Crippen LogP contribution is -2.32. The lowest BCUT2D eigenvalue weighted by molar-refractivity contribution is 0.125. The van der Waals surface area contributed by atoms with Crippen molar-refractivity contribution in [2.45, 2.75) is 52.1 Å². The van der Waals surface area contributed by atoms with E-state index < -0.39 is 0 Å². The number of nitrogens with zero attached hydrogens (tertiary/aromatic N) is 2. The zero-order valence-electron chi connectivity index (χ0n) is 12.3. The minimum Gasteiger partial charge on any atom is -0.393 e. The summed E-state index contributed by atoms with van der Waals surface area (Å²) in [5.74, 6) is 0.857. The first kappa shape index (κ1) is 14.3. The zero-order valence-corrected chi connectivity index (χ0v) is 12.3. The summed E-state index contributed by atoms with van der Waals surface area (Å²) in [6, 6.07) is 4.30. The molecule has 1 N–H and O–H groups in total. The summed E-state index contributed by atoms with van der Waals surface area (Å²) in [6.07, 6.45) is 5.31. The van der Waals surface area contributed by atoms with E-state index in [9.17, 15) is 5.11 Å². The predicted octanol–water partition coefficient (Wildman–Crippen LogP) is 3.19. The predicted molar refractivity (Wildman–Crippen MR) is 79.6 cm³/mol. The number of aromatic nitrogens is 1. The van der Waals surface area contributed by atoms with Crippen LogP contribution >= 0.6 is 0 Å². The summed E-state index contributed by atoms with van der Waals surface area (Å²) in [4.78, 5) is 6.93. The molecule has 1 aromatic rings. The smallest absolute Gasteiger partial charge is 0.0557 e. The van der Waals surface area contributed by atoms with Gasteiger partial charge in [-0.05, 0) is 37.8 Å². The van der Waals surface area contributed by atoms with Gasteiger partial charge in [-0.15, -0.1) is 0 Å². The fraction of sp³-hybridized carbons (Fsp3) is 0.688. The maximum absolute atomic E-state index is 9.84. The molecule has 0 radical (unpaired) electrons. The molecule has 0 amide bonds. The van der Waals surface area contributed by atoms with Crippen molar-refractivity contribution in [3.05, 3.63) is 24.0 Å². The first-order valence-corrected chi connectivity index (χ1v) is 7.47. The van der Waals surface area contributed by atoms with Crippen molar-refractivity contribution < 1.29 is 5.11 Å². The number of aliphatic hydroxyl groups is 1. The second-order valence-corrected chi connectivity index (χ2v) is 6.04. The van der Waals surface area contributed by atoms with Crippen LogP contribution in [0.1, 0.15) is 51.6 Å². The summed E-state index contributed by atoms with van der Waals surface area (Å²) in [5, 5.41) is 9.84. The molecule has 1 aliphatic rings. The molecule has 1 aliphatic heterocycles. The average Bonchev–Trinajstić information content (AvgIpc) is 2.64. The van der Waals surface area contributed by atoms with Crippen molar-refractivity contribution in [1.82, 2.24) is 4.98 Å². The maximum atomic E-state index is 9.84. The highest BCUT2D eigenvalue weighted by Crippen LogP contribution is 2.25. The van der Waals surface area contributed by atoms with E-state index in [4.69, 9.17) is 0 Å². The molecule has 106 valence electrons. The van der Waals surface area contributed by atoms with E-state index in [-0.39, 0.29) is 6.10 Å². The normalized spacial score (nSPS) is 22.4. The third kappa shape index (κ3) is 3.69. The van der Waals surface area contributed by atoms with Crippen LogP contribution in [0.3, 0.4) is 0 Å². The molecule has 3 heteroatoms. The van der Waals surface area contributed by atoms with Gasteiger partial charge < -0.3 is 10.0 Å². The Morgan fingerprint density at radius 2 is 2.05 bits per heavy atom. The summed E-state index contributed by atoms with van der Waals surface area (Å²) in [5.41, 5.74) is 2.34. The van der Waals surface area contributed by atoms with Gasteiger partial charge in [0.25, 0.3) is 0 Å². The topological polar surface area (TPSA) is 36.4 Å². The Labute approximate surface area is 116 Å². The zero-order chi connectivity index (χ0) is 13.8. The van der Waals surface area contributed by atoms with Gasteiger partial charge in [0.2, 0.25) is 0 Å². The number of rotatable bonds is 3. The number of pyridine rings is 1. The second kappa shape index (κ2) is 6.38. The Bertz CT molecular complexity index is 386. The van der Waals surface area contributed by atoms with Crippen LogP contribution in [0.15, 0.2) is 18.3 Å². The van der Waals surface area contributed by atoms with E-state index >= 15 is 0 Å². The van der Waals surface area contributed by atoms with Crippen molar-refractivity contribution in [3.63, 3.8) is 0 Å². The fourth-order valence-corrected chi connectivity index (χ4v) is 2.73. The van der Waals surface area contributed by atoms with Gasteiger partial charge in [-0.1, -0.05) is 20.3 Å². The van der Waals surface area contributed by atoms with Crippen molar-refractivity contribution in [2.75, 3.05) is 18.0 Å². The van der Waals surface area contributed by atoms with Crippen molar-refractivity contribution >= 4 is 5.69 Å². The van der Waals surface area contributed by atoms with Crippen LogP contribution in [-0.2, 0) is 0 Å². The minimum absolute atomic E-state index is 0.219. The number of aliphatic hydroxyl groups excluding tert-OH is 1. The minimum atomic E-state index is -0.219. The van der Waals surface area contributed by atoms with Crippen LogP contribution in [0.2, 0.25) is 0 Å². The number of hydrogen-bond donors (Lipinski definition) is 1. The van der Waals surface area contributed by atoms with E-state index in [0.717, 1.165) is 25.2 Å². The molecule has 0 unspecified atom stereocenters. The van der Waals surface area contributed by atoms with Gasteiger partial charge in [0.05, 0.1) is 18.0 Å². The SMILES string of the molecule is CC(C)c1ccc(N2CCCC[C@H]([C@H](C)O)C2)cn1. The van der Waals surface area contributed by atoms with E-state index in [2.05, 4.69) is 35.9 Å². The van der Waals surface area contributed by atoms with Crippen LogP contribution in [-0.4, -0.2) is 29.3 Å². The van der Waals surface area contributed by atoms with Gasteiger partial charge >= 0.3 is 0 Å². The molecule has 2 heterocycles. The molecule has 3 nitrogen and oxygen atoms in total. The molecule has 2 rings (SSSR count). The van der Waals surface area contributed by atoms with Crippen LogP contribution in [0.4, 0.5) is 5.69 Å². The summed E-state index contributed by atoms with van der Waals surface area (Å²) < 4.78 is 0. The Hall–Kier alpha value is -1.09. The maximum Gasteiger partial charge on any atom is 0.0557 e. The van der Waals surface area contributed by atoms with Gasteiger partial charge in [-0.2, -0.15) is 0 Å². The van der Waals surface area contributed by atoms with E-state index in [1.54, 1.807) is 0 Å². The average molecular weight is 262 g/mol. The highest BCUT2D eigenvalue weighted by atomic mass is 16.3. The van der Waals surface area contributed by atoms with E-state index in [1.165, 1.54) is 18.5 Å². The Morgan fingerprint density at radius 3 is 2.63 bits per heavy atom. The first-order chi connectivity index (χ1) is 9.08. The lowest BCUT2D eigenvalue weighted by Gasteiger charge is -2.27. The first-order valence-electron chi connectivity index (χ1n) is 7.47. The van der Waals surface area contributed by atoms with Gasteiger partial charge in [0, 0.05) is 24.7 Å². The van der Waals surface area contributed by atoms with Crippen molar-refractivity contribution in [1.29, 1.82) is 0 Å². The van der Waals surface area contributed by atoms with Gasteiger partial charge in [-0.25, -0.2) is 0 Å². The molecule has 1 aromatic heterocycles. The molecule has 0 saturated carbocycles. The quantitative estimate of drug-likeness (QED) is 0.909. The largest absolute Gasteiger partial charge is 0.393 e. The summed E-state index contributed by atoms with van der Waals surface area (Å²) in [6.45, 7) is 8.26. The van der Waals surface area contributed by atoms with E-state index in [1.807, 2.05) is 13.1 Å². The van der Waals surface area contributed by atoms with Gasteiger partial charge in [0.15, 0.2) is 0 Å². The van der Waals surface area contributed by atoms with Crippen molar-refractivity contribution in [2.24, 2.45) is 5.92 Å². The third-order valence-corrected chi connectivity index (χ3v) is 4.12. The summed E-state index contributed by atoms with van der Waals surface area (Å²) >= 11 is 0. The Balaban J connectivity index is 2.10. The Morgan fingerprint density at radius 1 is 1.26 bits per heavy atom. The summed E-state index contributed by atoms with van der Waals surface area (Å²) in [7, 11) is 0. The van der Waals surface area contributed by atoms with Crippen LogP contribution in [0.25, 0.3) is 0 Å². The monoisotopic (exact) mass is 262 g/mol. The molecular weight excluding hydrogens is 236 g/mol. The lowest BCUT2D eigenvalue weighted by atomic mass is 9.98. The third-order valence-electron chi connectivity index (χ3n) is 4.12. The molecule has 1 saturated heterocycles. The highest BCUT2D eigenvalue weighted by molar-refractivity contribution is 5.45. The number of anilines is 1. The standard InChI is InChI=1S/C16H26N2O/c1-12(2)16-8-7-15(10-17-16)18-9-5-4-6-14(11-18)13(3)19/h7-8,10,12-14,19H,4-6,9,11H2,1-3H3/t13-,14-/m0/s1. The molecule has 2 atom stereocenters. The van der Waals surface area contributed by atoms with Gasteiger partial charge in [0.1, 0.15) is 0 Å². The molecule has 0 aliphatic carbocycles. The molecule has 0 bridgehead atoms. The molecular formula is C16H26N2O. The van der Waals surface area contributed by atoms with Crippen molar-refractivity contribution in [3.8, 4) is 0 Å². The fourth-order valence-electron chi connectivity index (χ4n) is 2.73. The van der Waals surface area contributed by atoms with Crippen LogP contribution < -0.4 is 4.90 Å². The second-order valence-electron chi connectivity index (χ2n) is 6.04. The van der Waals surface area contributed by atoms with E-state index in [0.29, 0.717) is 11.8 Å². The molecule has 0 aromatic carbocycles. The van der Waals surface area contributed by atoms with Gasteiger partial charge in [-0.3, -0.25) is 4.98 Å². The van der Waals surface area contributed by atoms with Crippen LogP contribution in [0, 0.1) is 5.92 Å². The number of hydrogen-bond acceptors (Lipinski definition) is 3. The highest BCUT2D eigenvalue weighted by Gasteiger charge is 2.22. The Kier molecular flexibility index (Phi) is 4.81.